The zero-order valence-electron chi connectivity index (χ0n) is 16.1. The summed E-state index contributed by atoms with van der Waals surface area (Å²) in [6.07, 6.45) is 2.14. The molecule has 1 aromatic rings. The highest BCUT2D eigenvalue weighted by atomic mass is 127. The van der Waals surface area contributed by atoms with Crippen LogP contribution < -0.4 is 16.0 Å². The van der Waals surface area contributed by atoms with Gasteiger partial charge in [-0.15, -0.1) is 24.0 Å². The molecule has 0 aromatic heterocycles. The van der Waals surface area contributed by atoms with E-state index in [0.29, 0.717) is 26.2 Å². The van der Waals surface area contributed by atoms with Crippen LogP contribution in [-0.2, 0) is 16.0 Å². The molecule has 0 bridgehead atoms. The Morgan fingerprint density at radius 2 is 1.96 bits per heavy atom. The summed E-state index contributed by atoms with van der Waals surface area (Å²) in [6.45, 7) is 4.13. The summed E-state index contributed by atoms with van der Waals surface area (Å²) < 4.78 is 5.01. The van der Waals surface area contributed by atoms with E-state index in [2.05, 4.69) is 10.3 Å². The summed E-state index contributed by atoms with van der Waals surface area (Å²) in [5.41, 5.74) is 8.11. The molecule has 2 heterocycles. The van der Waals surface area contributed by atoms with Gasteiger partial charge in [-0.3, -0.25) is 4.79 Å². The molecule has 1 aromatic carbocycles. The number of carbonyl (C=O) groups is 2. The van der Waals surface area contributed by atoms with Crippen molar-refractivity contribution in [1.29, 1.82) is 0 Å². The predicted octanol–water partition coefficient (Wildman–Crippen LogP) is 1.72. The first-order chi connectivity index (χ1) is 13.1. The topological polar surface area (TPSA) is 100 Å². The van der Waals surface area contributed by atoms with Gasteiger partial charge >= 0.3 is 6.09 Å². The second kappa shape index (κ2) is 10.5. The molecular formula is C19H28IN5O3. The second-order valence-corrected chi connectivity index (χ2v) is 6.73. The normalized spacial score (nSPS) is 17.0. The van der Waals surface area contributed by atoms with Gasteiger partial charge in [0.25, 0.3) is 0 Å². The van der Waals surface area contributed by atoms with Crippen LogP contribution in [0.1, 0.15) is 25.3 Å². The lowest BCUT2D eigenvalue weighted by Gasteiger charge is -2.31. The van der Waals surface area contributed by atoms with Gasteiger partial charge in [0.1, 0.15) is 6.54 Å². The van der Waals surface area contributed by atoms with E-state index in [1.54, 1.807) is 16.7 Å². The molecule has 1 saturated heterocycles. The lowest BCUT2D eigenvalue weighted by molar-refractivity contribution is -0.117. The number of rotatable bonds is 4. The van der Waals surface area contributed by atoms with Crippen molar-refractivity contribution in [1.82, 2.24) is 10.2 Å². The summed E-state index contributed by atoms with van der Waals surface area (Å²) >= 11 is 0. The van der Waals surface area contributed by atoms with Gasteiger partial charge in [0, 0.05) is 31.4 Å². The number of carbonyl (C=O) groups excluding carboxylic acids is 2. The van der Waals surface area contributed by atoms with Crippen molar-refractivity contribution in [3.8, 4) is 0 Å². The van der Waals surface area contributed by atoms with Crippen LogP contribution in [0.2, 0.25) is 0 Å². The Kier molecular flexibility index (Phi) is 8.34. The van der Waals surface area contributed by atoms with Crippen molar-refractivity contribution in [3.05, 3.63) is 29.8 Å². The number of hydrogen-bond acceptors (Lipinski definition) is 4. The maximum absolute atomic E-state index is 12.5. The Morgan fingerprint density at radius 3 is 2.68 bits per heavy atom. The first kappa shape index (κ1) is 22.3. The maximum Gasteiger partial charge on any atom is 0.409 e. The van der Waals surface area contributed by atoms with Gasteiger partial charge in [0.2, 0.25) is 5.91 Å². The van der Waals surface area contributed by atoms with Gasteiger partial charge < -0.3 is 25.6 Å². The van der Waals surface area contributed by atoms with Crippen LogP contribution in [0, 0.1) is 0 Å². The number of amides is 2. The highest BCUT2D eigenvalue weighted by Crippen LogP contribution is 2.27. The van der Waals surface area contributed by atoms with Gasteiger partial charge in [-0.25, -0.2) is 9.79 Å². The molecule has 0 saturated carbocycles. The monoisotopic (exact) mass is 501 g/mol. The molecular weight excluding hydrogens is 473 g/mol. The third kappa shape index (κ3) is 5.49. The van der Waals surface area contributed by atoms with E-state index in [4.69, 9.17) is 10.5 Å². The van der Waals surface area contributed by atoms with Gasteiger partial charge in [0.15, 0.2) is 5.96 Å². The van der Waals surface area contributed by atoms with Gasteiger partial charge in [0.05, 0.1) is 6.61 Å². The average molecular weight is 501 g/mol. The van der Waals surface area contributed by atoms with Gasteiger partial charge in [-0.1, -0.05) is 18.2 Å². The van der Waals surface area contributed by atoms with Crippen LogP contribution in [0.3, 0.4) is 0 Å². The van der Waals surface area contributed by atoms with E-state index in [1.165, 1.54) is 5.56 Å². The number of anilines is 1. The van der Waals surface area contributed by atoms with Crippen molar-refractivity contribution in [2.45, 2.75) is 32.2 Å². The van der Waals surface area contributed by atoms with Crippen LogP contribution in [0.5, 0.6) is 0 Å². The zero-order valence-corrected chi connectivity index (χ0v) is 18.4. The van der Waals surface area contributed by atoms with E-state index >= 15 is 0 Å². The molecule has 154 valence electrons. The fraction of sp³-hybridized carbons (Fsp3) is 0.526. The summed E-state index contributed by atoms with van der Waals surface area (Å²) in [6, 6.07) is 8.07. The molecule has 3 rings (SSSR count). The maximum atomic E-state index is 12.5. The molecule has 2 amide bonds. The number of fused-ring (bicyclic) bond motifs is 1. The molecule has 2 aliphatic rings. The highest BCUT2D eigenvalue weighted by Gasteiger charge is 2.25. The predicted molar refractivity (Wildman–Crippen MR) is 119 cm³/mol. The van der Waals surface area contributed by atoms with E-state index in [0.717, 1.165) is 24.9 Å². The number of guanidine groups is 1. The van der Waals surface area contributed by atoms with E-state index in [9.17, 15) is 9.59 Å². The molecule has 2 aliphatic heterocycles. The molecule has 8 nitrogen and oxygen atoms in total. The quantitative estimate of drug-likeness (QED) is 0.372. The standard InChI is InChI=1S/C19H27N5O3.HI/c1-2-27-19(26)23-10-8-15(9-11-23)22-18(20)21-13-17(25)24-12-7-14-5-3-4-6-16(14)24;/h3-6,15H,2,7-13H2,1H3,(H3,20,21,22);1H. The second-order valence-electron chi connectivity index (χ2n) is 6.73. The summed E-state index contributed by atoms with van der Waals surface area (Å²) in [5.74, 6) is 0.215. The molecule has 3 N–H and O–H groups in total. The van der Waals surface area contributed by atoms with Crippen LogP contribution in [0.4, 0.5) is 10.5 Å². The Hall–Kier alpha value is -2.04. The van der Waals surface area contributed by atoms with Crippen molar-refractivity contribution < 1.29 is 14.3 Å². The third-order valence-electron chi connectivity index (χ3n) is 4.95. The Morgan fingerprint density at radius 1 is 1.25 bits per heavy atom. The minimum atomic E-state index is -0.269. The van der Waals surface area contributed by atoms with E-state index in [-0.39, 0.29) is 54.5 Å². The van der Waals surface area contributed by atoms with Crippen LogP contribution in [0.15, 0.2) is 29.3 Å². The molecule has 0 atom stereocenters. The van der Waals surface area contributed by atoms with Gasteiger partial charge in [-0.05, 0) is 37.8 Å². The van der Waals surface area contributed by atoms with Gasteiger partial charge in [-0.2, -0.15) is 0 Å². The molecule has 0 radical (unpaired) electrons. The lowest BCUT2D eigenvalue weighted by Crippen LogP contribution is -2.48. The molecule has 0 spiro atoms. The Balaban J connectivity index is 0.00000280. The number of piperidine rings is 1. The Labute approximate surface area is 182 Å². The minimum Gasteiger partial charge on any atom is -0.450 e. The highest BCUT2D eigenvalue weighted by molar-refractivity contribution is 14.0. The van der Waals surface area contributed by atoms with Crippen LogP contribution in [0.25, 0.3) is 0 Å². The number of ether oxygens (including phenoxy) is 1. The molecule has 9 heteroatoms. The molecule has 0 unspecified atom stereocenters. The molecule has 28 heavy (non-hydrogen) atoms. The average Bonchev–Trinajstić information content (AvgIpc) is 3.11. The zero-order chi connectivity index (χ0) is 19.2. The molecule has 0 aliphatic carbocycles. The van der Waals surface area contributed by atoms with Crippen molar-refractivity contribution >= 4 is 47.6 Å². The fourth-order valence-corrected chi connectivity index (χ4v) is 3.51. The summed E-state index contributed by atoms with van der Waals surface area (Å²) in [5, 5.41) is 3.15. The number of nitrogens with two attached hydrogens (primary N) is 1. The Bertz CT molecular complexity index is 719. The van der Waals surface area contributed by atoms with Crippen molar-refractivity contribution in [2.24, 2.45) is 10.7 Å². The van der Waals surface area contributed by atoms with E-state index < -0.39 is 0 Å². The number of benzene rings is 1. The first-order valence-electron chi connectivity index (χ1n) is 9.45. The van der Waals surface area contributed by atoms with Crippen molar-refractivity contribution in [2.75, 3.05) is 37.7 Å². The smallest absolute Gasteiger partial charge is 0.409 e. The minimum absolute atomic E-state index is 0. The van der Waals surface area contributed by atoms with E-state index in [1.807, 2.05) is 24.3 Å². The van der Waals surface area contributed by atoms with Crippen LogP contribution >= 0.6 is 24.0 Å². The first-order valence-corrected chi connectivity index (χ1v) is 9.45. The number of para-hydroxylation sites is 1. The summed E-state index contributed by atoms with van der Waals surface area (Å²) in [4.78, 5) is 31.8. The lowest BCUT2D eigenvalue weighted by atomic mass is 10.1. The number of nitrogens with zero attached hydrogens (tertiary/aromatic N) is 3. The number of aliphatic imine (C=N–C) groups is 1. The number of halogens is 1. The van der Waals surface area contributed by atoms with Crippen molar-refractivity contribution in [3.63, 3.8) is 0 Å². The number of nitrogens with one attached hydrogen (secondary N) is 1. The summed E-state index contributed by atoms with van der Waals surface area (Å²) in [7, 11) is 0. The fourth-order valence-electron chi connectivity index (χ4n) is 3.51. The SMILES string of the molecule is CCOC(=O)N1CCC(NC(N)=NCC(=O)N2CCc3ccccc32)CC1.I. The number of hydrogen-bond donors (Lipinski definition) is 2. The largest absolute Gasteiger partial charge is 0.450 e. The molecule has 1 fully saturated rings. The van der Waals surface area contributed by atoms with Crippen LogP contribution in [-0.4, -0.2) is 61.7 Å². The number of likely N-dealkylation sites (tertiary alicyclic amines) is 1. The third-order valence-corrected chi connectivity index (χ3v) is 4.95.